The van der Waals surface area contributed by atoms with Gasteiger partial charge in [0.15, 0.2) is 5.65 Å². The predicted octanol–water partition coefficient (Wildman–Crippen LogP) is 5.92. The van der Waals surface area contributed by atoms with Crippen LogP contribution in [0.15, 0.2) is 97.2 Å². The summed E-state index contributed by atoms with van der Waals surface area (Å²) in [4.78, 5) is 9.94. The molecule has 5 nitrogen and oxygen atoms in total. The second kappa shape index (κ2) is 9.59. The van der Waals surface area contributed by atoms with Crippen LogP contribution < -0.4 is 4.90 Å². The number of benzene rings is 3. The van der Waals surface area contributed by atoms with E-state index in [2.05, 4.69) is 115 Å². The van der Waals surface area contributed by atoms with Crippen LogP contribution in [0.2, 0.25) is 0 Å². The van der Waals surface area contributed by atoms with Crippen molar-refractivity contribution in [2.24, 2.45) is 0 Å². The smallest absolute Gasteiger partial charge is 0.165 e. The van der Waals surface area contributed by atoms with Gasteiger partial charge in [0.25, 0.3) is 0 Å². The summed E-state index contributed by atoms with van der Waals surface area (Å²) in [6.07, 6.45) is 1.95. The fourth-order valence-electron chi connectivity index (χ4n) is 5.32. The fraction of sp³-hybridized carbons (Fsp3) is 0.226. The number of aryl methyl sites for hydroxylation is 2. The lowest BCUT2D eigenvalue weighted by Crippen LogP contribution is -2.48. The highest BCUT2D eigenvalue weighted by Gasteiger charge is 2.27. The highest BCUT2D eigenvalue weighted by atomic mass is 15.4. The third-order valence-corrected chi connectivity index (χ3v) is 7.18. The average Bonchev–Trinajstić information content (AvgIpc) is 3.34. The van der Waals surface area contributed by atoms with Gasteiger partial charge in [0, 0.05) is 43.5 Å². The number of piperazine rings is 1. The molecule has 1 fully saturated rings. The van der Waals surface area contributed by atoms with Crippen molar-refractivity contribution < 1.29 is 0 Å². The van der Waals surface area contributed by atoms with Crippen LogP contribution in [0.5, 0.6) is 0 Å². The molecule has 5 aromatic rings. The molecule has 0 bridgehead atoms. The number of nitrogens with zero attached hydrogens (tertiary/aromatic N) is 5. The summed E-state index contributed by atoms with van der Waals surface area (Å²) >= 11 is 0. The van der Waals surface area contributed by atoms with Crippen molar-refractivity contribution in [3.8, 4) is 11.1 Å². The van der Waals surface area contributed by atoms with Crippen LogP contribution in [0.4, 0.5) is 5.82 Å². The molecule has 36 heavy (non-hydrogen) atoms. The largest absolute Gasteiger partial charge is 0.354 e. The summed E-state index contributed by atoms with van der Waals surface area (Å²) in [5.74, 6) is 1.12. The minimum absolute atomic E-state index is 0.256. The quantitative estimate of drug-likeness (QED) is 0.317. The molecule has 0 unspecified atom stereocenters. The van der Waals surface area contributed by atoms with Crippen molar-refractivity contribution in [3.05, 3.63) is 120 Å². The summed E-state index contributed by atoms with van der Waals surface area (Å²) in [5, 5.41) is 4.78. The standard InChI is InChI=1S/C31H31N5/c1-23-13-15-25(16-14-23)28-22-32-36-29(21-24(2)33-31(28)36)34-17-19-35(20-18-34)30(26-9-5-3-6-10-26)27-11-7-4-8-12-27/h3-16,21-22,30H,17-20H2,1-2H3. The first kappa shape index (κ1) is 22.5. The highest BCUT2D eigenvalue weighted by molar-refractivity contribution is 5.78. The Labute approximate surface area is 212 Å². The van der Waals surface area contributed by atoms with E-state index in [1.54, 1.807) is 0 Å². The van der Waals surface area contributed by atoms with Gasteiger partial charge in [-0.25, -0.2) is 4.98 Å². The topological polar surface area (TPSA) is 36.7 Å². The monoisotopic (exact) mass is 473 g/mol. The van der Waals surface area contributed by atoms with Crippen LogP contribution in [0.25, 0.3) is 16.8 Å². The zero-order valence-corrected chi connectivity index (χ0v) is 20.9. The summed E-state index contributed by atoms with van der Waals surface area (Å²) in [5.41, 5.74) is 8.10. The molecule has 1 saturated heterocycles. The van der Waals surface area contributed by atoms with Gasteiger partial charge in [-0.3, -0.25) is 4.90 Å². The molecular formula is C31H31N5. The molecule has 0 amide bonds. The number of hydrogen-bond acceptors (Lipinski definition) is 4. The Kier molecular flexibility index (Phi) is 5.99. The van der Waals surface area contributed by atoms with Crippen LogP contribution in [0.1, 0.15) is 28.4 Å². The number of hydrogen-bond donors (Lipinski definition) is 0. The van der Waals surface area contributed by atoms with Gasteiger partial charge in [0.1, 0.15) is 5.82 Å². The molecule has 1 aliphatic rings. The van der Waals surface area contributed by atoms with Crippen LogP contribution >= 0.6 is 0 Å². The average molecular weight is 474 g/mol. The summed E-state index contributed by atoms with van der Waals surface area (Å²) in [6.45, 7) is 8.02. The van der Waals surface area contributed by atoms with E-state index in [0.29, 0.717) is 0 Å². The van der Waals surface area contributed by atoms with Crippen molar-refractivity contribution in [2.45, 2.75) is 19.9 Å². The first-order valence-corrected chi connectivity index (χ1v) is 12.7. The van der Waals surface area contributed by atoms with Gasteiger partial charge in [-0.05, 0) is 30.5 Å². The van der Waals surface area contributed by atoms with Gasteiger partial charge in [-0.2, -0.15) is 9.61 Å². The van der Waals surface area contributed by atoms with Crippen molar-refractivity contribution in [3.63, 3.8) is 0 Å². The maximum Gasteiger partial charge on any atom is 0.165 e. The van der Waals surface area contributed by atoms with E-state index < -0.39 is 0 Å². The summed E-state index contributed by atoms with van der Waals surface area (Å²) in [6, 6.07) is 32.8. The van der Waals surface area contributed by atoms with Gasteiger partial charge < -0.3 is 4.90 Å². The molecule has 0 saturated carbocycles. The molecule has 0 spiro atoms. The van der Waals surface area contributed by atoms with E-state index in [1.165, 1.54) is 16.7 Å². The zero-order valence-electron chi connectivity index (χ0n) is 20.9. The summed E-state index contributed by atoms with van der Waals surface area (Å²) in [7, 11) is 0. The Morgan fingerprint density at radius 2 is 1.33 bits per heavy atom. The van der Waals surface area contributed by atoms with E-state index in [9.17, 15) is 0 Å². The van der Waals surface area contributed by atoms with Crippen LogP contribution in [-0.4, -0.2) is 45.7 Å². The van der Waals surface area contributed by atoms with Crippen molar-refractivity contribution >= 4 is 11.5 Å². The molecular weight excluding hydrogens is 442 g/mol. The molecule has 180 valence electrons. The minimum atomic E-state index is 0.256. The van der Waals surface area contributed by atoms with E-state index >= 15 is 0 Å². The fourth-order valence-corrected chi connectivity index (χ4v) is 5.32. The van der Waals surface area contributed by atoms with Crippen molar-refractivity contribution in [1.29, 1.82) is 0 Å². The van der Waals surface area contributed by atoms with Gasteiger partial charge in [-0.15, -0.1) is 0 Å². The highest BCUT2D eigenvalue weighted by Crippen LogP contribution is 2.32. The molecule has 3 heterocycles. The number of fused-ring (bicyclic) bond motifs is 1. The molecule has 0 radical (unpaired) electrons. The summed E-state index contributed by atoms with van der Waals surface area (Å²) < 4.78 is 2.02. The minimum Gasteiger partial charge on any atom is -0.354 e. The van der Waals surface area contributed by atoms with Gasteiger partial charge in [0.05, 0.1) is 12.2 Å². The third-order valence-electron chi connectivity index (χ3n) is 7.18. The van der Waals surface area contributed by atoms with Crippen LogP contribution in [0.3, 0.4) is 0 Å². The normalized spacial score (nSPS) is 14.6. The number of rotatable bonds is 5. The molecule has 0 N–H and O–H groups in total. The molecule has 0 atom stereocenters. The van der Waals surface area contributed by atoms with E-state index in [4.69, 9.17) is 10.1 Å². The van der Waals surface area contributed by atoms with Crippen molar-refractivity contribution in [1.82, 2.24) is 19.5 Å². The second-order valence-corrected chi connectivity index (χ2v) is 9.66. The van der Waals surface area contributed by atoms with Crippen molar-refractivity contribution in [2.75, 3.05) is 31.1 Å². The second-order valence-electron chi connectivity index (χ2n) is 9.66. The number of anilines is 1. The maximum absolute atomic E-state index is 4.88. The molecule has 3 aromatic carbocycles. The Hall–Kier alpha value is -3.96. The SMILES string of the molecule is Cc1ccc(-c2cnn3c(N4CCN(C(c5ccccc5)c5ccccc5)CC4)cc(C)nc23)cc1. The lowest BCUT2D eigenvalue weighted by atomic mass is 9.96. The molecule has 1 aliphatic heterocycles. The first-order chi connectivity index (χ1) is 17.7. The van der Waals surface area contributed by atoms with Crippen LogP contribution in [-0.2, 0) is 0 Å². The van der Waals surface area contributed by atoms with E-state index in [0.717, 1.165) is 54.5 Å². The Balaban J connectivity index is 1.29. The third kappa shape index (κ3) is 4.27. The van der Waals surface area contributed by atoms with Gasteiger partial charge in [-0.1, -0.05) is 90.5 Å². The predicted molar refractivity (Wildman–Crippen MR) is 146 cm³/mol. The molecule has 6 rings (SSSR count). The van der Waals surface area contributed by atoms with Crippen LogP contribution in [0, 0.1) is 13.8 Å². The van der Waals surface area contributed by atoms with E-state index in [1.807, 2.05) is 10.7 Å². The lowest BCUT2D eigenvalue weighted by molar-refractivity contribution is 0.211. The zero-order chi connectivity index (χ0) is 24.5. The first-order valence-electron chi connectivity index (χ1n) is 12.7. The molecule has 0 aliphatic carbocycles. The van der Waals surface area contributed by atoms with Gasteiger partial charge >= 0.3 is 0 Å². The molecule has 5 heteroatoms. The maximum atomic E-state index is 4.88. The molecule has 2 aromatic heterocycles. The van der Waals surface area contributed by atoms with Gasteiger partial charge in [0.2, 0.25) is 0 Å². The lowest BCUT2D eigenvalue weighted by Gasteiger charge is -2.40. The number of aromatic nitrogens is 3. The Morgan fingerprint density at radius 1 is 0.722 bits per heavy atom. The Bertz CT molecular complexity index is 1410. The van der Waals surface area contributed by atoms with E-state index in [-0.39, 0.29) is 6.04 Å². The Morgan fingerprint density at radius 3 is 1.94 bits per heavy atom.